The second kappa shape index (κ2) is 8.26. The first-order chi connectivity index (χ1) is 14.8. The lowest BCUT2D eigenvalue weighted by Crippen LogP contribution is -2.53. The maximum Gasteiger partial charge on any atom is 0.308 e. The van der Waals surface area contributed by atoms with Crippen LogP contribution in [0.25, 0.3) is 5.57 Å². The number of rotatable bonds is 7. The zero-order valence-electron chi connectivity index (χ0n) is 18.3. The largest absolute Gasteiger partial charge is 0.481 e. The molecule has 0 saturated heterocycles. The molecule has 168 valence electrons. The maximum atomic E-state index is 12.7. The molecule has 1 aliphatic carbocycles. The van der Waals surface area contributed by atoms with E-state index in [-0.39, 0.29) is 36.8 Å². The second-order valence-corrected chi connectivity index (χ2v) is 8.76. The van der Waals surface area contributed by atoms with Crippen molar-refractivity contribution < 1.29 is 24.5 Å². The molecule has 0 saturated carbocycles. The zero-order chi connectivity index (χ0) is 22.3. The van der Waals surface area contributed by atoms with Gasteiger partial charge in [-0.1, -0.05) is 18.2 Å². The van der Waals surface area contributed by atoms with E-state index in [1.807, 2.05) is 31.1 Å². The number of nitrogens with one attached hydrogen (secondary N) is 1. The van der Waals surface area contributed by atoms with E-state index < -0.39 is 11.7 Å². The summed E-state index contributed by atoms with van der Waals surface area (Å²) in [5.74, 6) is -1.27. The monoisotopic (exact) mass is 429 g/mol. The topological polar surface area (TPSA) is 102 Å². The van der Waals surface area contributed by atoms with Crippen LogP contribution in [0.4, 0.5) is 5.69 Å². The van der Waals surface area contributed by atoms with Gasteiger partial charge in [0.1, 0.15) is 0 Å². The first-order valence-electron chi connectivity index (χ1n) is 10.8. The van der Waals surface area contributed by atoms with Gasteiger partial charge in [0.2, 0.25) is 5.91 Å². The Morgan fingerprint density at radius 3 is 2.77 bits per heavy atom. The van der Waals surface area contributed by atoms with Crippen molar-refractivity contribution in [3.8, 4) is 0 Å². The third-order valence-corrected chi connectivity index (χ3v) is 7.16. The number of aliphatic hydroxyl groups is 1. The van der Waals surface area contributed by atoms with Gasteiger partial charge < -0.3 is 25.2 Å². The maximum absolute atomic E-state index is 12.7. The molecule has 0 spiro atoms. The third-order valence-electron chi connectivity index (χ3n) is 7.16. The van der Waals surface area contributed by atoms with Gasteiger partial charge in [-0.2, -0.15) is 0 Å². The fraction of sp³-hybridized carbons (Fsp3) is 0.565. The van der Waals surface area contributed by atoms with Gasteiger partial charge in [0.15, 0.2) is 5.72 Å². The molecule has 2 aliphatic heterocycles. The number of methoxy groups -OCH3 is 1. The fourth-order valence-corrected chi connectivity index (χ4v) is 5.67. The standard InChI is InChI=1S/C23H31N3O5/c1-25-13-14(22(30)24-8-5-9-27)10-16-15-6-4-7-18-21(15)17(11-19(16)25)23(31-3,26(18)2)12-20(28)29/h4,6-7,10,14,17,19,27H,5,8-9,11-13H2,1-3H3,(H,24,30)(H,28,29)/t14-,17?,19-,23?/m1/s1. The number of amides is 1. The van der Waals surface area contributed by atoms with Crippen molar-refractivity contribution in [2.45, 2.75) is 36.9 Å². The Morgan fingerprint density at radius 2 is 2.10 bits per heavy atom. The minimum Gasteiger partial charge on any atom is -0.481 e. The molecule has 8 heteroatoms. The highest BCUT2D eigenvalue weighted by Crippen LogP contribution is 2.57. The summed E-state index contributed by atoms with van der Waals surface area (Å²) in [5.41, 5.74) is 3.37. The van der Waals surface area contributed by atoms with E-state index in [0.29, 0.717) is 19.5 Å². The summed E-state index contributed by atoms with van der Waals surface area (Å²) in [5, 5.41) is 21.5. The smallest absolute Gasteiger partial charge is 0.308 e. The van der Waals surface area contributed by atoms with Gasteiger partial charge in [-0.15, -0.1) is 0 Å². The summed E-state index contributed by atoms with van der Waals surface area (Å²) in [7, 11) is 5.51. The van der Waals surface area contributed by atoms with Crippen molar-refractivity contribution >= 4 is 23.1 Å². The molecular weight excluding hydrogens is 398 g/mol. The lowest BCUT2D eigenvalue weighted by molar-refractivity contribution is -0.145. The molecule has 3 aliphatic rings. The summed E-state index contributed by atoms with van der Waals surface area (Å²) in [6.07, 6.45) is 3.24. The Hall–Kier alpha value is -2.42. The van der Waals surface area contributed by atoms with E-state index in [0.717, 1.165) is 28.8 Å². The number of carbonyl (C=O) groups excluding carboxylic acids is 1. The Balaban J connectivity index is 1.75. The van der Waals surface area contributed by atoms with Crippen molar-refractivity contribution in [2.75, 3.05) is 45.8 Å². The Morgan fingerprint density at radius 1 is 1.32 bits per heavy atom. The van der Waals surface area contributed by atoms with Crippen molar-refractivity contribution in [3.63, 3.8) is 0 Å². The van der Waals surface area contributed by atoms with Crippen molar-refractivity contribution in [3.05, 3.63) is 35.4 Å². The van der Waals surface area contributed by atoms with E-state index >= 15 is 0 Å². The molecular formula is C23H31N3O5. The molecule has 0 bridgehead atoms. The van der Waals surface area contributed by atoms with Crippen LogP contribution >= 0.6 is 0 Å². The van der Waals surface area contributed by atoms with Crippen LogP contribution < -0.4 is 10.2 Å². The number of fused-ring (bicyclic) bond motifs is 2. The lowest BCUT2D eigenvalue weighted by atomic mass is 9.71. The van der Waals surface area contributed by atoms with E-state index in [1.54, 1.807) is 7.11 Å². The minimum absolute atomic E-state index is 0.0322. The van der Waals surface area contributed by atoms with Gasteiger partial charge in [0.05, 0.1) is 12.3 Å². The molecule has 4 rings (SSSR count). The SMILES string of the molecule is COC1(CC(=O)O)C2C[C@@H]3C(=C[C@@H](C(=O)NCCCO)CN3C)c3cccc(c32)N1C. The van der Waals surface area contributed by atoms with Gasteiger partial charge in [0, 0.05) is 51.5 Å². The Bertz CT molecular complexity index is 916. The average Bonchev–Trinajstić information content (AvgIpc) is 2.98. The Labute approximate surface area is 182 Å². The van der Waals surface area contributed by atoms with Gasteiger partial charge in [-0.25, -0.2) is 0 Å². The molecule has 1 amide bonds. The Kier molecular flexibility index (Phi) is 5.81. The number of carboxylic acid groups (broad SMARTS) is 1. The first kappa shape index (κ1) is 21.8. The quantitative estimate of drug-likeness (QED) is 0.561. The van der Waals surface area contributed by atoms with Crippen LogP contribution in [0.3, 0.4) is 0 Å². The highest BCUT2D eigenvalue weighted by molar-refractivity contribution is 5.88. The summed E-state index contributed by atoms with van der Waals surface area (Å²) in [4.78, 5) is 28.6. The van der Waals surface area contributed by atoms with Gasteiger partial charge >= 0.3 is 5.97 Å². The van der Waals surface area contributed by atoms with Crippen LogP contribution in [0.15, 0.2) is 24.3 Å². The van der Waals surface area contributed by atoms with Crippen molar-refractivity contribution in [1.29, 1.82) is 0 Å². The number of aliphatic hydroxyl groups excluding tert-OH is 1. The molecule has 0 aromatic heterocycles. The van der Waals surface area contributed by atoms with Gasteiger partial charge in [-0.05, 0) is 42.7 Å². The van der Waals surface area contributed by atoms with Crippen LogP contribution in [-0.2, 0) is 14.3 Å². The number of benzene rings is 1. The van der Waals surface area contributed by atoms with Crippen LogP contribution in [-0.4, -0.2) is 79.7 Å². The molecule has 1 aromatic rings. The predicted molar refractivity (Wildman–Crippen MR) is 117 cm³/mol. The molecule has 4 atom stereocenters. The molecule has 0 radical (unpaired) electrons. The van der Waals surface area contributed by atoms with E-state index in [4.69, 9.17) is 9.84 Å². The predicted octanol–water partition coefficient (Wildman–Crippen LogP) is 1.25. The van der Waals surface area contributed by atoms with Crippen LogP contribution in [0, 0.1) is 5.92 Å². The molecule has 2 unspecified atom stereocenters. The second-order valence-electron chi connectivity index (χ2n) is 8.76. The van der Waals surface area contributed by atoms with E-state index in [2.05, 4.69) is 22.4 Å². The molecule has 0 fully saturated rings. The van der Waals surface area contributed by atoms with Crippen molar-refractivity contribution in [1.82, 2.24) is 10.2 Å². The molecule has 8 nitrogen and oxygen atoms in total. The summed E-state index contributed by atoms with van der Waals surface area (Å²) in [6, 6.07) is 6.16. The molecule has 2 heterocycles. The van der Waals surface area contributed by atoms with E-state index in [1.165, 1.54) is 0 Å². The number of ether oxygens (including phenoxy) is 1. The number of hydrogen-bond acceptors (Lipinski definition) is 6. The highest BCUT2D eigenvalue weighted by Gasteiger charge is 2.56. The van der Waals surface area contributed by atoms with Gasteiger partial charge in [0.25, 0.3) is 0 Å². The first-order valence-corrected chi connectivity index (χ1v) is 10.8. The average molecular weight is 430 g/mol. The number of aliphatic carboxylic acids is 1. The lowest BCUT2D eigenvalue weighted by Gasteiger charge is -2.46. The number of likely N-dealkylation sites (N-methyl/N-ethyl adjacent to an activating group) is 2. The highest BCUT2D eigenvalue weighted by atomic mass is 16.5. The van der Waals surface area contributed by atoms with Gasteiger partial charge in [-0.3, -0.25) is 14.5 Å². The van der Waals surface area contributed by atoms with Crippen molar-refractivity contribution in [2.24, 2.45) is 5.92 Å². The van der Waals surface area contributed by atoms with Crippen LogP contribution in [0.5, 0.6) is 0 Å². The summed E-state index contributed by atoms with van der Waals surface area (Å²) < 4.78 is 5.95. The van der Waals surface area contributed by atoms with Crippen LogP contribution in [0.1, 0.15) is 36.3 Å². The number of carboxylic acids is 1. The number of carbonyl (C=O) groups is 2. The summed E-state index contributed by atoms with van der Waals surface area (Å²) >= 11 is 0. The molecule has 3 N–H and O–H groups in total. The third kappa shape index (κ3) is 3.43. The van der Waals surface area contributed by atoms with Crippen LogP contribution in [0.2, 0.25) is 0 Å². The summed E-state index contributed by atoms with van der Waals surface area (Å²) in [6.45, 7) is 1.10. The minimum atomic E-state index is -0.935. The number of hydrogen-bond donors (Lipinski definition) is 3. The number of anilines is 1. The fourth-order valence-electron chi connectivity index (χ4n) is 5.67. The molecule has 31 heavy (non-hydrogen) atoms. The zero-order valence-corrected chi connectivity index (χ0v) is 18.3. The molecule has 1 aromatic carbocycles. The van der Waals surface area contributed by atoms with E-state index in [9.17, 15) is 14.7 Å². The normalized spacial score (nSPS) is 29.2. The number of nitrogens with zero attached hydrogens (tertiary/aromatic N) is 2.